The quantitative estimate of drug-likeness (QED) is 0.799. The average molecular weight is 253 g/mol. The molecule has 2 atom stereocenters. The molecular formula is C14H27N3O. The number of rotatable bonds is 2. The van der Waals surface area contributed by atoms with Crippen molar-refractivity contribution in [3.05, 3.63) is 0 Å². The van der Waals surface area contributed by atoms with Crippen LogP contribution < -0.4 is 5.32 Å². The highest BCUT2D eigenvalue weighted by atomic mass is 16.2. The maximum absolute atomic E-state index is 12.9. The predicted molar refractivity (Wildman–Crippen MR) is 73.5 cm³/mol. The van der Waals surface area contributed by atoms with Gasteiger partial charge in [0.05, 0.1) is 5.54 Å². The lowest BCUT2D eigenvalue weighted by Gasteiger charge is -2.36. The fraction of sp³-hybridized carbons (Fsp3) is 0.929. The van der Waals surface area contributed by atoms with Gasteiger partial charge in [-0.05, 0) is 52.7 Å². The van der Waals surface area contributed by atoms with Gasteiger partial charge in [-0.3, -0.25) is 4.79 Å². The third kappa shape index (κ3) is 2.54. The van der Waals surface area contributed by atoms with Gasteiger partial charge in [0.15, 0.2) is 0 Å². The molecule has 2 fully saturated rings. The van der Waals surface area contributed by atoms with Gasteiger partial charge < -0.3 is 15.1 Å². The van der Waals surface area contributed by atoms with Crippen LogP contribution in [0.4, 0.5) is 0 Å². The summed E-state index contributed by atoms with van der Waals surface area (Å²) in [5.74, 6) is 0.338. The minimum Gasteiger partial charge on any atom is -0.337 e. The van der Waals surface area contributed by atoms with Crippen molar-refractivity contribution in [2.24, 2.45) is 0 Å². The predicted octanol–water partition coefficient (Wildman–Crippen LogP) is 1.07. The maximum Gasteiger partial charge on any atom is 0.243 e. The first-order valence-electron chi connectivity index (χ1n) is 7.34. The van der Waals surface area contributed by atoms with Crippen LogP contribution in [0.15, 0.2) is 0 Å². The summed E-state index contributed by atoms with van der Waals surface area (Å²) in [5.41, 5.74) is -0.267. The maximum atomic E-state index is 12.9. The van der Waals surface area contributed by atoms with E-state index >= 15 is 0 Å². The SMILES string of the molecule is CCC1(C(=O)N2CCCN(C)CC2C)CCCN1. The molecule has 0 aliphatic carbocycles. The van der Waals surface area contributed by atoms with Gasteiger partial charge in [0.1, 0.15) is 0 Å². The average Bonchev–Trinajstić information content (AvgIpc) is 2.77. The molecule has 2 unspecified atom stereocenters. The van der Waals surface area contributed by atoms with Gasteiger partial charge in [-0.15, -0.1) is 0 Å². The van der Waals surface area contributed by atoms with Crippen molar-refractivity contribution in [2.75, 3.05) is 33.2 Å². The normalized spacial score (nSPS) is 34.6. The second-order valence-corrected chi connectivity index (χ2v) is 5.93. The number of nitrogens with zero attached hydrogens (tertiary/aromatic N) is 2. The second kappa shape index (κ2) is 5.57. The van der Waals surface area contributed by atoms with E-state index in [4.69, 9.17) is 0 Å². The fourth-order valence-corrected chi connectivity index (χ4v) is 3.39. The molecule has 18 heavy (non-hydrogen) atoms. The zero-order chi connectivity index (χ0) is 13.2. The zero-order valence-corrected chi connectivity index (χ0v) is 12.0. The molecule has 4 heteroatoms. The molecule has 4 nitrogen and oxygen atoms in total. The van der Waals surface area contributed by atoms with Gasteiger partial charge >= 0.3 is 0 Å². The van der Waals surface area contributed by atoms with Crippen LogP contribution in [0.2, 0.25) is 0 Å². The van der Waals surface area contributed by atoms with E-state index in [1.807, 2.05) is 0 Å². The smallest absolute Gasteiger partial charge is 0.243 e. The fourth-order valence-electron chi connectivity index (χ4n) is 3.39. The van der Waals surface area contributed by atoms with Crippen LogP contribution in [0.1, 0.15) is 39.5 Å². The molecule has 2 aliphatic heterocycles. The number of nitrogens with one attached hydrogen (secondary N) is 1. The Morgan fingerprint density at radius 1 is 1.39 bits per heavy atom. The van der Waals surface area contributed by atoms with Gasteiger partial charge in [-0.1, -0.05) is 6.92 Å². The summed E-state index contributed by atoms with van der Waals surface area (Å²) >= 11 is 0. The molecule has 2 heterocycles. The third-order valence-corrected chi connectivity index (χ3v) is 4.56. The molecular weight excluding hydrogens is 226 g/mol. The van der Waals surface area contributed by atoms with Gasteiger partial charge in [0, 0.05) is 19.1 Å². The first-order chi connectivity index (χ1) is 8.59. The molecule has 2 saturated heterocycles. The summed E-state index contributed by atoms with van der Waals surface area (Å²) in [5, 5.41) is 3.46. The summed E-state index contributed by atoms with van der Waals surface area (Å²) in [7, 11) is 2.15. The summed E-state index contributed by atoms with van der Waals surface area (Å²) in [6, 6.07) is 0.329. The highest BCUT2D eigenvalue weighted by Gasteiger charge is 2.43. The zero-order valence-electron chi connectivity index (χ0n) is 12.0. The number of likely N-dealkylation sites (N-methyl/N-ethyl adjacent to an activating group) is 1. The van der Waals surface area contributed by atoms with Crippen molar-refractivity contribution >= 4 is 5.91 Å². The summed E-state index contributed by atoms with van der Waals surface area (Å²) in [4.78, 5) is 17.3. The number of amides is 1. The molecule has 2 rings (SSSR count). The molecule has 0 spiro atoms. The number of hydrogen-bond acceptors (Lipinski definition) is 3. The second-order valence-electron chi connectivity index (χ2n) is 5.93. The highest BCUT2D eigenvalue weighted by Crippen LogP contribution is 2.27. The molecule has 0 saturated carbocycles. The lowest BCUT2D eigenvalue weighted by molar-refractivity contribution is -0.140. The number of hydrogen-bond donors (Lipinski definition) is 1. The van der Waals surface area contributed by atoms with Crippen LogP contribution in [-0.4, -0.2) is 60.5 Å². The summed E-state index contributed by atoms with van der Waals surface area (Å²) < 4.78 is 0. The lowest BCUT2D eigenvalue weighted by atomic mass is 9.91. The van der Waals surface area contributed by atoms with Gasteiger partial charge in [-0.25, -0.2) is 0 Å². The van der Waals surface area contributed by atoms with Crippen molar-refractivity contribution in [2.45, 2.75) is 51.1 Å². The van der Waals surface area contributed by atoms with Crippen molar-refractivity contribution in [3.8, 4) is 0 Å². The molecule has 0 aromatic carbocycles. The Bertz CT molecular complexity index is 299. The van der Waals surface area contributed by atoms with E-state index in [1.165, 1.54) is 0 Å². The van der Waals surface area contributed by atoms with Crippen molar-refractivity contribution in [1.29, 1.82) is 0 Å². The number of carbonyl (C=O) groups excluding carboxylic acids is 1. The lowest BCUT2D eigenvalue weighted by Crippen LogP contribution is -2.57. The Labute approximate surface area is 111 Å². The van der Waals surface area contributed by atoms with E-state index in [0.717, 1.165) is 51.9 Å². The van der Waals surface area contributed by atoms with E-state index < -0.39 is 0 Å². The molecule has 2 aliphatic rings. The van der Waals surface area contributed by atoms with Crippen LogP contribution in [0, 0.1) is 0 Å². The third-order valence-electron chi connectivity index (χ3n) is 4.56. The molecule has 0 radical (unpaired) electrons. The Balaban J connectivity index is 2.11. The van der Waals surface area contributed by atoms with Crippen LogP contribution in [-0.2, 0) is 4.79 Å². The van der Waals surface area contributed by atoms with Crippen LogP contribution in [0.3, 0.4) is 0 Å². The monoisotopic (exact) mass is 253 g/mol. The summed E-state index contributed by atoms with van der Waals surface area (Å²) in [6.45, 7) is 8.30. The molecule has 1 N–H and O–H groups in total. The summed E-state index contributed by atoms with van der Waals surface area (Å²) in [6.07, 6.45) is 4.13. The highest BCUT2D eigenvalue weighted by molar-refractivity contribution is 5.87. The van der Waals surface area contributed by atoms with E-state index in [-0.39, 0.29) is 5.54 Å². The number of carbonyl (C=O) groups is 1. The van der Waals surface area contributed by atoms with Crippen LogP contribution in [0.5, 0.6) is 0 Å². The van der Waals surface area contributed by atoms with E-state index in [0.29, 0.717) is 11.9 Å². The van der Waals surface area contributed by atoms with E-state index in [9.17, 15) is 4.79 Å². The Morgan fingerprint density at radius 3 is 2.78 bits per heavy atom. The largest absolute Gasteiger partial charge is 0.337 e. The molecule has 1 amide bonds. The Kier molecular flexibility index (Phi) is 4.28. The van der Waals surface area contributed by atoms with E-state index in [1.54, 1.807) is 0 Å². The van der Waals surface area contributed by atoms with Crippen LogP contribution in [0.25, 0.3) is 0 Å². The molecule has 0 aromatic heterocycles. The topological polar surface area (TPSA) is 35.6 Å². The van der Waals surface area contributed by atoms with Gasteiger partial charge in [0.25, 0.3) is 0 Å². The first-order valence-corrected chi connectivity index (χ1v) is 7.34. The first kappa shape index (κ1) is 13.8. The van der Waals surface area contributed by atoms with Crippen molar-refractivity contribution in [3.63, 3.8) is 0 Å². The molecule has 0 bridgehead atoms. The molecule has 104 valence electrons. The van der Waals surface area contributed by atoms with Crippen molar-refractivity contribution in [1.82, 2.24) is 15.1 Å². The van der Waals surface area contributed by atoms with Crippen molar-refractivity contribution < 1.29 is 4.79 Å². The minimum atomic E-state index is -0.267. The van der Waals surface area contributed by atoms with Gasteiger partial charge in [0.2, 0.25) is 5.91 Å². The standard InChI is InChI=1S/C14H27N3O/c1-4-14(7-5-8-15-14)13(18)17-10-6-9-16(3)11-12(17)2/h12,15H,4-11H2,1-3H3. The Morgan fingerprint density at radius 2 is 2.17 bits per heavy atom. The minimum absolute atomic E-state index is 0.267. The van der Waals surface area contributed by atoms with Gasteiger partial charge in [-0.2, -0.15) is 0 Å². The van der Waals surface area contributed by atoms with Crippen LogP contribution >= 0.6 is 0 Å². The van der Waals surface area contributed by atoms with E-state index in [2.05, 4.69) is 36.0 Å². The Hall–Kier alpha value is -0.610. The molecule has 0 aromatic rings.